The van der Waals surface area contributed by atoms with Crippen molar-refractivity contribution >= 4 is 22.8 Å². The standard InChI is InChI=1S/C17H15F3N4OS/c1-9(25)23-16-24-17(2,3-6-26-16)11-7-10(12(18)8-13(11)19)14-15(20)22-5-4-21-14/h4-5,7-8H,3,6H2,1-2H3,(H,23,24,25)/t17-/m0/s1. The van der Waals surface area contributed by atoms with Crippen LogP contribution < -0.4 is 5.32 Å². The van der Waals surface area contributed by atoms with E-state index in [1.54, 1.807) is 6.92 Å². The lowest BCUT2D eigenvalue weighted by Gasteiger charge is -2.31. The van der Waals surface area contributed by atoms with Crippen LogP contribution >= 0.6 is 11.8 Å². The van der Waals surface area contributed by atoms with Crippen LogP contribution in [0.15, 0.2) is 29.5 Å². The second kappa shape index (κ2) is 7.06. The smallest absolute Gasteiger partial charge is 0.239 e. The van der Waals surface area contributed by atoms with Gasteiger partial charge < -0.3 is 5.32 Å². The number of carbonyl (C=O) groups is 1. The molecule has 1 aromatic carbocycles. The Morgan fingerprint density at radius 1 is 1.19 bits per heavy atom. The van der Waals surface area contributed by atoms with Crippen LogP contribution in [0.4, 0.5) is 13.2 Å². The lowest BCUT2D eigenvalue weighted by atomic mass is 9.87. The first-order chi connectivity index (χ1) is 12.3. The van der Waals surface area contributed by atoms with Crippen LogP contribution in [0.25, 0.3) is 11.3 Å². The van der Waals surface area contributed by atoms with Gasteiger partial charge in [-0.3, -0.25) is 9.79 Å². The van der Waals surface area contributed by atoms with Crippen molar-refractivity contribution in [1.82, 2.24) is 15.3 Å². The Balaban J connectivity index is 2.12. The van der Waals surface area contributed by atoms with Gasteiger partial charge in [0.1, 0.15) is 17.3 Å². The topological polar surface area (TPSA) is 67.2 Å². The average Bonchev–Trinajstić information content (AvgIpc) is 2.55. The molecule has 0 radical (unpaired) electrons. The maximum absolute atomic E-state index is 14.5. The van der Waals surface area contributed by atoms with E-state index in [2.05, 4.69) is 20.3 Å². The summed E-state index contributed by atoms with van der Waals surface area (Å²) in [6, 6.07) is 1.90. The monoisotopic (exact) mass is 380 g/mol. The molecule has 2 heterocycles. The fourth-order valence-electron chi connectivity index (χ4n) is 2.71. The molecule has 1 aliphatic heterocycles. The van der Waals surface area contributed by atoms with Gasteiger partial charge in [-0.2, -0.15) is 4.39 Å². The number of thioether (sulfide) groups is 1. The van der Waals surface area contributed by atoms with Crippen LogP contribution in [0.2, 0.25) is 0 Å². The van der Waals surface area contributed by atoms with Crippen LogP contribution in [0.3, 0.4) is 0 Å². The fourth-order valence-corrected chi connectivity index (χ4v) is 3.89. The molecule has 1 atom stereocenters. The fraction of sp³-hybridized carbons (Fsp3) is 0.294. The van der Waals surface area contributed by atoms with E-state index in [1.165, 1.54) is 30.9 Å². The quantitative estimate of drug-likeness (QED) is 0.867. The van der Waals surface area contributed by atoms with Crippen LogP contribution in [0.5, 0.6) is 0 Å². The van der Waals surface area contributed by atoms with Crippen molar-refractivity contribution < 1.29 is 18.0 Å². The first kappa shape index (κ1) is 18.4. The zero-order chi connectivity index (χ0) is 18.9. The lowest BCUT2D eigenvalue weighted by Crippen LogP contribution is -2.34. The van der Waals surface area contributed by atoms with Gasteiger partial charge in [-0.15, -0.1) is 0 Å². The molecule has 2 aromatic rings. The third-order valence-electron chi connectivity index (χ3n) is 4.00. The summed E-state index contributed by atoms with van der Waals surface area (Å²) in [7, 11) is 0. The molecule has 9 heteroatoms. The minimum Gasteiger partial charge on any atom is -0.306 e. The molecule has 0 bridgehead atoms. The van der Waals surface area contributed by atoms with Gasteiger partial charge in [0, 0.05) is 42.3 Å². The predicted molar refractivity (Wildman–Crippen MR) is 93.0 cm³/mol. The minimum absolute atomic E-state index is 0.0992. The Morgan fingerprint density at radius 2 is 1.92 bits per heavy atom. The molecule has 5 nitrogen and oxygen atoms in total. The van der Waals surface area contributed by atoms with Crippen LogP contribution in [0.1, 0.15) is 25.8 Å². The van der Waals surface area contributed by atoms with Crippen molar-refractivity contribution in [3.05, 3.63) is 47.7 Å². The normalized spacial score (nSPS) is 19.8. The SMILES string of the molecule is CC(=O)NC1=N[C@](C)(c2cc(-c3nccnc3F)c(F)cc2F)CCS1. The van der Waals surface area contributed by atoms with E-state index in [0.717, 1.165) is 6.20 Å². The first-order valence-electron chi connectivity index (χ1n) is 7.77. The van der Waals surface area contributed by atoms with E-state index in [4.69, 9.17) is 0 Å². The summed E-state index contributed by atoms with van der Waals surface area (Å²) in [6.07, 6.45) is 2.84. The number of benzene rings is 1. The van der Waals surface area contributed by atoms with Gasteiger partial charge in [-0.05, 0) is 19.4 Å². The summed E-state index contributed by atoms with van der Waals surface area (Å²) < 4.78 is 42.7. The van der Waals surface area contributed by atoms with E-state index in [1.807, 2.05) is 0 Å². The van der Waals surface area contributed by atoms with Crippen molar-refractivity contribution in [3.8, 4) is 11.3 Å². The molecule has 136 valence electrons. The molecule has 0 saturated heterocycles. The van der Waals surface area contributed by atoms with Gasteiger partial charge >= 0.3 is 0 Å². The van der Waals surface area contributed by atoms with E-state index >= 15 is 0 Å². The van der Waals surface area contributed by atoms with Gasteiger partial charge in [-0.25, -0.2) is 18.7 Å². The summed E-state index contributed by atoms with van der Waals surface area (Å²) >= 11 is 1.34. The first-order valence-corrected chi connectivity index (χ1v) is 8.75. The number of nitrogens with one attached hydrogen (secondary N) is 1. The summed E-state index contributed by atoms with van der Waals surface area (Å²) in [4.78, 5) is 22.9. The minimum atomic E-state index is -1.03. The highest BCUT2D eigenvalue weighted by molar-refractivity contribution is 8.13. The number of halogens is 3. The van der Waals surface area contributed by atoms with Gasteiger partial charge in [-0.1, -0.05) is 11.8 Å². The van der Waals surface area contributed by atoms with Crippen molar-refractivity contribution in [2.75, 3.05) is 5.75 Å². The van der Waals surface area contributed by atoms with Crippen LogP contribution in [0, 0.1) is 17.6 Å². The highest BCUT2D eigenvalue weighted by Gasteiger charge is 2.34. The number of aliphatic imine (C=N–C) groups is 1. The third kappa shape index (κ3) is 3.57. The van der Waals surface area contributed by atoms with Crippen LogP contribution in [-0.4, -0.2) is 26.8 Å². The summed E-state index contributed by atoms with van der Waals surface area (Å²) in [5, 5.41) is 2.95. The Hall–Kier alpha value is -2.42. The number of aromatic nitrogens is 2. The van der Waals surface area contributed by atoms with E-state index in [-0.39, 0.29) is 22.7 Å². The molecule has 1 aromatic heterocycles. The Labute approximate surface area is 152 Å². The zero-order valence-corrected chi connectivity index (χ0v) is 14.8. The maximum Gasteiger partial charge on any atom is 0.239 e. The molecule has 0 spiro atoms. The Kier molecular flexibility index (Phi) is 4.99. The van der Waals surface area contributed by atoms with Crippen molar-refractivity contribution in [2.24, 2.45) is 4.99 Å². The number of hydrogen-bond acceptors (Lipinski definition) is 5. The van der Waals surface area contributed by atoms with E-state index < -0.39 is 23.1 Å². The Morgan fingerprint density at radius 3 is 2.62 bits per heavy atom. The number of amides is 1. The summed E-state index contributed by atoms with van der Waals surface area (Å²) in [5.41, 5.74) is -1.43. The molecule has 0 saturated carbocycles. The zero-order valence-electron chi connectivity index (χ0n) is 14.0. The van der Waals surface area contributed by atoms with Gasteiger partial charge in [0.05, 0.1) is 5.54 Å². The highest BCUT2D eigenvalue weighted by atomic mass is 32.2. The van der Waals surface area contributed by atoms with E-state index in [0.29, 0.717) is 23.4 Å². The number of carbonyl (C=O) groups excluding carboxylic acids is 1. The van der Waals surface area contributed by atoms with Gasteiger partial charge in [0.2, 0.25) is 11.9 Å². The summed E-state index contributed by atoms with van der Waals surface area (Å²) in [6.45, 7) is 3.03. The molecule has 1 N–H and O–H groups in total. The molecule has 0 unspecified atom stereocenters. The van der Waals surface area contributed by atoms with E-state index in [9.17, 15) is 18.0 Å². The molecule has 3 rings (SSSR count). The molecular formula is C17H15F3N4OS. The largest absolute Gasteiger partial charge is 0.306 e. The number of amidine groups is 1. The average molecular weight is 380 g/mol. The molecule has 1 amide bonds. The van der Waals surface area contributed by atoms with Crippen molar-refractivity contribution in [3.63, 3.8) is 0 Å². The predicted octanol–water partition coefficient (Wildman–Crippen LogP) is 3.41. The molecule has 1 aliphatic rings. The molecular weight excluding hydrogens is 365 g/mol. The molecule has 26 heavy (non-hydrogen) atoms. The summed E-state index contributed by atoms with van der Waals surface area (Å²) in [5.74, 6) is -2.39. The van der Waals surface area contributed by atoms with Gasteiger partial charge in [0.25, 0.3) is 0 Å². The second-order valence-electron chi connectivity index (χ2n) is 5.98. The van der Waals surface area contributed by atoms with Crippen LogP contribution in [-0.2, 0) is 10.3 Å². The van der Waals surface area contributed by atoms with Gasteiger partial charge in [0.15, 0.2) is 5.17 Å². The Bertz CT molecular complexity index is 906. The lowest BCUT2D eigenvalue weighted by molar-refractivity contribution is -0.117. The van der Waals surface area contributed by atoms with Crippen molar-refractivity contribution in [1.29, 1.82) is 0 Å². The number of hydrogen-bond donors (Lipinski definition) is 1. The third-order valence-corrected chi connectivity index (χ3v) is 4.88. The number of nitrogens with zero attached hydrogens (tertiary/aromatic N) is 3. The highest BCUT2D eigenvalue weighted by Crippen LogP contribution is 2.39. The molecule has 0 fully saturated rings. The molecule has 0 aliphatic carbocycles. The second-order valence-corrected chi connectivity index (χ2v) is 7.06. The number of rotatable bonds is 2. The maximum atomic E-state index is 14.5. The van der Waals surface area contributed by atoms with Crippen molar-refractivity contribution in [2.45, 2.75) is 25.8 Å².